The number of benzene rings is 1. The van der Waals surface area contributed by atoms with E-state index in [2.05, 4.69) is 83.2 Å². The van der Waals surface area contributed by atoms with Gasteiger partial charge in [0.25, 0.3) is 0 Å². The Morgan fingerprint density at radius 1 is 0.696 bits per heavy atom. The van der Waals surface area contributed by atoms with Crippen molar-refractivity contribution in [3.05, 3.63) is 60.2 Å². The van der Waals surface area contributed by atoms with Crippen LogP contribution in [0.25, 0.3) is 0 Å². The summed E-state index contributed by atoms with van der Waals surface area (Å²) in [5.41, 5.74) is 1.41. The van der Waals surface area contributed by atoms with E-state index in [-0.39, 0.29) is 7.43 Å². The first-order chi connectivity index (χ1) is 10.5. The van der Waals surface area contributed by atoms with Crippen LogP contribution < -0.4 is 0 Å². The first-order valence-corrected chi connectivity index (χ1v) is 8.90. The lowest BCUT2D eigenvalue weighted by molar-refractivity contribution is 0.737. The number of hydrogen-bond acceptors (Lipinski definition) is 0. The fourth-order valence-electron chi connectivity index (χ4n) is 1.23. The number of hydrogen-bond donors (Lipinski definition) is 0. The molecule has 0 aromatic heterocycles. The van der Waals surface area contributed by atoms with Crippen LogP contribution in [0.2, 0.25) is 0 Å². The minimum absolute atomic E-state index is 0. The zero-order valence-corrected chi connectivity index (χ0v) is 16.6. The molecule has 0 fully saturated rings. The average Bonchev–Trinajstić information content (AvgIpc) is 3.11. The molecule has 0 aliphatic heterocycles. The molecule has 0 spiro atoms. The van der Waals surface area contributed by atoms with Crippen molar-refractivity contribution >= 4 is 0 Å². The summed E-state index contributed by atoms with van der Waals surface area (Å²) >= 11 is 0. The largest absolute Gasteiger partial charge is 0.0808 e. The van der Waals surface area contributed by atoms with E-state index in [4.69, 9.17) is 0 Å². The SMILES string of the molecule is C.C1=CCC=C1.CC.CC.CC(C)C.CC(C)c1ccccc1. The zero-order valence-electron chi connectivity index (χ0n) is 16.6. The molecule has 0 amide bonds. The van der Waals surface area contributed by atoms with Gasteiger partial charge in [0.1, 0.15) is 0 Å². The first kappa shape index (κ1) is 29.7. The smallest absolute Gasteiger partial charge is 0.0163 e. The normalized spacial score (nSPS) is 9.87. The summed E-state index contributed by atoms with van der Waals surface area (Å²) in [7, 11) is 0. The third-order valence-electron chi connectivity index (χ3n) is 2.12. The maximum Gasteiger partial charge on any atom is -0.0163 e. The fraction of sp³-hybridized carbons (Fsp3) is 0.565. The molecule has 0 unspecified atom stereocenters. The van der Waals surface area contributed by atoms with E-state index < -0.39 is 0 Å². The maximum absolute atomic E-state index is 2.20. The van der Waals surface area contributed by atoms with Gasteiger partial charge in [0.15, 0.2) is 0 Å². The Balaban J connectivity index is -0.000000112. The van der Waals surface area contributed by atoms with E-state index in [1.54, 1.807) is 0 Å². The molecule has 0 heterocycles. The molecule has 0 nitrogen and oxygen atoms in total. The lowest BCUT2D eigenvalue weighted by Crippen LogP contribution is -1.83. The van der Waals surface area contributed by atoms with E-state index >= 15 is 0 Å². The fourth-order valence-corrected chi connectivity index (χ4v) is 1.23. The molecule has 2 rings (SSSR count). The molecule has 23 heavy (non-hydrogen) atoms. The van der Waals surface area contributed by atoms with Gasteiger partial charge in [0, 0.05) is 0 Å². The van der Waals surface area contributed by atoms with Crippen molar-refractivity contribution in [2.45, 2.75) is 82.1 Å². The van der Waals surface area contributed by atoms with E-state index in [9.17, 15) is 0 Å². The van der Waals surface area contributed by atoms with Crippen LogP contribution in [0.3, 0.4) is 0 Å². The molecular weight excluding hydrogens is 276 g/mol. The maximum atomic E-state index is 2.20. The summed E-state index contributed by atoms with van der Waals surface area (Å²) in [6.07, 6.45) is 9.50. The van der Waals surface area contributed by atoms with Crippen molar-refractivity contribution in [2.75, 3.05) is 0 Å². The van der Waals surface area contributed by atoms with Crippen LogP contribution in [-0.2, 0) is 0 Å². The molecule has 0 bridgehead atoms. The summed E-state index contributed by atoms with van der Waals surface area (Å²) in [5.74, 6) is 1.49. The van der Waals surface area contributed by atoms with Gasteiger partial charge in [0.2, 0.25) is 0 Å². The van der Waals surface area contributed by atoms with Crippen molar-refractivity contribution in [3.8, 4) is 0 Å². The van der Waals surface area contributed by atoms with Crippen molar-refractivity contribution < 1.29 is 0 Å². The second-order valence-corrected chi connectivity index (χ2v) is 5.39. The predicted molar refractivity (Wildman–Crippen MR) is 113 cm³/mol. The summed E-state index contributed by atoms with van der Waals surface area (Å²) in [5, 5.41) is 0. The summed E-state index contributed by atoms with van der Waals surface area (Å²) in [6.45, 7) is 18.9. The Bertz CT molecular complexity index is 316. The van der Waals surface area contributed by atoms with Crippen LogP contribution >= 0.6 is 0 Å². The highest BCUT2D eigenvalue weighted by molar-refractivity contribution is 5.17. The van der Waals surface area contributed by atoms with E-state index in [0.717, 1.165) is 12.3 Å². The average molecular weight is 321 g/mol. The van der Waals surface area contributed by atoms with Crippen LogP contribution in [0, 0.1) is 5.92 Å². The van der Waals surface area contributed by atoms with Crippen LogP contribution in [0.5, 0.6) is 0 Å². The second kappa shape index (κ2) is 25.6. The van der Waals surface area contributed by atoms with Crippen LogP contribution in [0.15, 0.2) is 54.6 Å². The zero-order chi connectivity index (χ0) is 17.8. The summed E-state index contributed by atoms with van der Waals surface area (Å²) < 4.78 is 0. The summed E-state index contributed by atoms with van der Waals surface area (Å²) in [4.78, 5) is 0. The van der Waals surface area contributed by atoms with Gasteiger partial charge in [-0.05, 0) is 23.8 Å². The van der Waals surface area contributed by atoms with Crippen molar-refractivity contribution in [1.29, 1.82) is 0 Å². The number of rotatable bonds is 1. The molecule has 0 N–H and O–H groups in total. The molecule has 1 aliphatic carbocycles. The number of allylic oxidation sites excluding steroid dienone is 4. The highest BCUT2D eigenvalue weighted by Crippen LogP contribution is 2.11. The van der Waals surface area contributed by atoms with Gasteiger partial charge < -0.3 is 0 Å². The lowest BCUT2D eigenvalue weighted by Gasteiger charge is -2.01. The van der Waals surface area contributed by atoms with Gasteiger partial charge in [0.05, 0.1) is 0 Å². The van der Waals surface area contributed by atoms with E-state index in [1.807, 2.05) is 33.8 Å². The minimum Gasteiger partial charge on any atom is -0.0808 e. The Morgan fingerprint density at radius 3 is 1.22 bits per heavy atom. The lowest BCUT2D eigenvalue weighted by atomic mass is 10.0. The topological polar surface area (TPSA) is 0 Å². The molecule has 0 heteroatoms. The molecule has 0 saturated heterocycles. The molecule has 1 aromatic carbocycles. The Hall–Kier alpha value is -1.30. The molecular formula is C23H44. The van der Waals surface area contributed by atoms with Gasteiger partial charge in [-0.2, -0.15) is 0 Å². The van der Waals surface area contributed by atoms with Crippen LogP contribution in [0.4, 0.5) is 0 Å². The monoisotopic (exact) mass is 320 g/mol. The first-order valence-electron chi connectivity index (χ1n) is 8.90. The molecule has 0 atom stereocenters. The molecule has 0 radical (unpaired) electrons. The minimum atomic E-state index is 0. The van der Waals surface area contributed by atoms with Gasteiger partial charge >= 0.3 is 0 Å². The Labute approximate surface area is 148 Å². The predicted octanol–water partition coefficient (Wildman–Crippen LogP) is 8.66. The quantitative estimate of drug-likeness (QED) is 0.485. The second-order valence-electron chi connectivity index (χ2n) is 5.39. The van der Waals surface area contributed by atoms with E-state index in [1.165, 1.54) is 5.56 Å². The molecule has 1 aliphatic rings. The van der Waals surface area contributed by atoms with Gasteiger partial charge in [-0.3, -0.25) is 0 Å². The molecule has 0 saturated carbocycles. The third kappa shape index (κ3) is 29.4. The highest BCUT2D eigenvalue weighted by atomic mass is 14.0. The van der Waals surface area contributed by atoms with Gasteiger partial charge in [-0.15, -0.1) is 0 Å². The molecule has 136 valence electrons. The van der Waals surface area contributed by atoms with E-state index in [0.29, 0.717) is 5.92 Å². The van der Waals surface area contributed by atoms with Crippen molar-refractivity contribution in [1.82, 2.24) is 0 Å². The summed E-state index contributed by atoms with van der Waals surface area (Å²) in [6, 6.07) is 10.5. The highest BCUT2D eigenvalue weighted by Gasteiger charge is 1.93. The third-order valence-corrected chi connectivity index (χ3v) is 2.12. The van der Waals surface area contributed by atoms with Gasteiger partial charge in [-0.1, -0.05) is 124 Å². The van der Waals surface area contributed by atoms with Crippen molar-refractivity contribution in [3.63, 3.8) is 0 Å². The Kier molecular flexibility index (Phi) is 33.1. The Morgan fingerprint density at radius 2 is 1.04 bits per heavy atom. The van der Waals surface area contributed by atoms with Crippen LogP contribution in [0.1, 0.15) is 87.6 Å². The molecule has 1 aromatic rings. The van der Waals surface area contributed by atoms with Crippen LogP contribution in [-0.4, -0.2) is 0 Å². The van der Waals surface area contributed by atoms with Gasteiger partial charge in [-0.25, -0.2) is 0 Å². The standard InChI is InChI=1S/C9H12.C5H6.C4H10.2C2H6.CH4/c1-8(2)9-6-4-3-5-7-9;1-2-4-5-3-1;1-4(2)3;2*1-2;/h3-8H,1-2H3;1-4H,5H2;4H,1-3H3;2*1-2H3;1H4. The van der Waals surface area contributed by atoms with Crippen molar-refractivity contribution in [2.24, 2.45) is 5.92 Å².